The first-order valence-corrected chi connectivity index (χ1v) is 12.0. The molecule has 0 aromatic heterocycles. The van der Waals surface area contributed by atoms with Crippen LogP contribution in [0.2, 0.25) is 0 Å². The summed E-state index contributed by atoms with van der Waals surface area (Å²) >= 11 is 0. The maximum absolute atomic E-state index is 12.8. The lowest BCUT2D eigenvalue weighted by atomic mass is 10.0. The molecule has 1 aromatic rings. The van der Waals surface area contributed by atoms with Crippen LogP contribution in [0.3, 0.4) is 0 Å². The Kier molecular flexibility index (Phi) is 13.8. The highest BCUT2D eigenvalue weighted by Gasteiger charge is 2.29. The van der Waals surface area contributed by atoms with Gasteiger partial charge in [-0.2, -0.15) is 0 Å². The number of aliphatic carboxylic acids is 1. The van der Waals surface area contributed by atoms with Gasteiger partial charge in [-0.05, 0) is 63.2 Å². The van der Waals surface area contributed by atoms with Gasteiger partial charge in [-0.3, -0.25) is 4.79 Å². The molecule has 186 valence electrons. The lowest BCUT2D eigenvalue weighted by Gasteiger charge is -2.24. The molecular formula is C25H41N3O5. The third-order valence-corrected chi connectivity index (χ3v) is 5.35. The lowest BCUT2D eigenvalue weighted by molar-refractivity contribution is -0.142. The van der Waals surface area contributed by atoms with Gasteiger partial charge in [0.15, 0.2) is 0 Å². The summed E-state index contributed by atoms with van der Waals surface area (Å²) in [4.78, 5) is 39.1. The molecule has 0 aliphatic carbocycles. The third kappa shape index (κ3) is 11.7. The monoisotopic (exact) mass is 463 g/mol. The zero-order valence-electron chi connectivity index (χ0n) is 20.5. The van der Waals surface area contributed by atoms with Crippen LogP contribution in [0.1, 0.15) is 65.4 Å². The van der Waals surface area contributed by atoms with E-state index < -0.39 is 30.1 Å². The number of amides is 2. The maximum Gasteiger partial charge on any atom is 0.408 e. The highest BCUT2D eigenvalue weighted by molar-refractivity contribution is 5.89. The molecule has 3 N–H and O–H groups in total. The minimum atomic E-state index is -1.07. The lowest BCUT2D eigenvalue weighted by Crippen LogP contribution is -2.53. The Morgan fingerprint density at radius 1 is 0.970 bits per heavy atom. The molecule has 0 saturated carbocycles. The highest BCUT2D eigenvalue weighted by atomic mass is 16.5. The zero-order valence-corrected chi connectivity index (χ0v) is 20.5. The Balaban J connectivity index is 2.55. The second kappa shape index (κ2) is 16.1. The predicted molar refractivity (Wildman–Crippen MR) is 129 cm³/mol. The number of benzene rings is 1. The van der Waals surface area contributed by atoms with Gasteiger partial charge < -0.3 is 25.4 Å². The van der Waals surface area contributed by atoms with Crippen molar-refractivity contribution in [1.29, 1.82) is 0 Å². The fourth-order valence-corrected chi connectivity index (χ4v) is 3.60. The van der Waals surface area contributed by atoms with E-state index in [0.29, 0.717) is 12.8 Å². The molecule has 33 heavy (non-hydrogen) atoms. The molecular weight excluding hydrogens is 422 g/mol. The summed E-state index contributed by atoms with van der Waals surface area (Å²) in [5.41, 5.74) is 0.834. The van der Waals surface area contributed by atoms with Crippen LogP contribution in [0.5, 0.6) is 0 Å². The summed E-state index contributed by atoms with van der Waals surface area (Å²) in [5, 5.41) is 14.7. The van der Waals surface area contributed by atoms with Gasteiger partial charge in [0.2, 0.25) is 5.91 Å². The van der Waals surface area contributed by atoms with Crippen LogP contribution in [0.15, 0.2) is 30.3 Å². The first-order chi connectivity index (χ1) is 15.8. The average molecular weight is 464 g/mol. The number of nitrogens with zero attached hydrogens (tertiary/aromatic N) is 1. The molecule has 1 rings (SSSR count). The quantitative estimate of drug-likeness (QED) is 0.322. The Bertz CT molecular complexity index is 705. The van der Waals surface area contributed by atoms with E-state index in [-0.39, 0.29) is 12.5 Å². The van der Waals surface area contributed by atoms with E-state index in [9.17, 15) is 19.5 Å². The van der Waals surface area contributed by atoms with E-state index in [1.807, 2.05) is 30.3 Å². The Morgan fingerprint density at radius 2 is 1.61 bits per heavy atom. The normalized spacial score (nSPS) is 12.9. The van der Waals surface area contributed by atoms with Crippen LogP contribution in [0, 0.1) is 5.92 Å². The molecule has 0 aliphatic heterocycles. The topological polar surface area (TPSA) is 108 Å². The summed E-state index contributed by atoms with van der Waals surface area (Å²) in [7, 11) is 0. The number of alkyl carbamates (subject to hydrolysis) is 1. The SMILES string of the molecule is CCCN(CCC)CCCC[C@H](NC(=O)[C@@H](NC(=O)OCc1ccccc1)C(C)C)C(=O)O. The van der Waals surface area contributed by atoms with E-state index in [4.69, 9.17) is 4.74 Å². The minimum absolute atomic E-state index is 0.0872. The van der Waals surface area contributed by atoms with Crippen LogP contribution in [-0.2, 0) is 20.9 Å². The summed E-state index contributed by atoms with van der Waals surface area (Å²) in [6, 6.07) is 7.35. The Hall–Kier alpha value is -2.61. The number of nitrogens with one attached hydrogen (secondary N) is 2. The number of carboxylic acids is 1. The van der Waals surface area contributed by atoms with Crippen LogP contribution in [0.4, 0.5) is 4.79 Å². The van der Waals surface area contributed by atoms with Crippen molar-refractivity contribution in [2.24, 2.45) is 5.92 Å². The third-order valence-electron chi connectivity index (χ3n) is 5.35. The van der Waals surface area contributed by atoms with Gasteiger partial charge >= 0.3 is 12.1 Å². The zero-order chi connectivity index (χ0) is 24.6. The second-order valence-electron chi connectivity index (χ2n) is 8.66. The molecule has 0 radical (unpaired) electrons. The molecule has 2 atom stereocenters. The molecule has 0 heterocycles. The maximum atomic E-state index is 12.8. The first kappa shape index (κ1) is 28.4. The van der Waals surface area contributed by atoms with Gasteiger partial charge in [-0.25, -0.2) is 9.59 Å². The van der Waals surface area contributed by atoms with E-state index in [1.54, 1.807) is 13.8 Å². The van der Waals surface area contributed by atoms with Crippen LogP contribution in [0.25, 0.3) is 0 Å². The molecule has 0 fully saturated rings. The number of carbonyl (C=O) groups excluding carboxylic acids is 2. The molecule has 0 aliphatic rings. The van der Waals surface area contributed by atoms with Gasteiger partial charge in [0.1, 0.15) is 18.7 Å². The molecule has 0 bridgehead atoms. The fourth-order valence-electron chi connectivity index (χ4n) is 3.60. The molecule has 1 aromatic carbocycles. The van der Waals surface area contributed by atoms with Crippen LogP contribution >= 0.6 is 0 Å². The van der Waals surface area contributed by atoms with E-state index in [2.05, 4.69) is 29.4 Å². The number of ether oxygens (including phenoxy) is 1. The Morgan fingerprint density at radius 3 is 2.15 bits per heavy atom. The number of hydrogen-bond donors (Lipinski definition) is 3. The van der Waals surface area contributed by atoms with Crippen molar-refractivity contribution in [3.63, 3.8) is 0 Å². The van der Waals surface area contributed by atoms with Gasteiger partial charge in [-0.1, -0.05) is 58.0 Å². The average Bonchev–Trinajstić information content (AvgIpc) is 2.78. The molecule has 0 unspecified atom stereocenters. The van der Waals surface area contributed by atoms with Crippen molar-refractivity contribution >= 4 is 18.0 Å². The van der Waals surface area contributed by atoms with Crippen molar-refractivity contribution in [2.45, 2.75) is 78.5 Å². The second-order valence-corrected chi connectivity index (χ2v) is 8.66. The summed E-state index contributed by atoms with van der Waals surface area (Å²) in [6.07, 6.45) is 3.37. The van der Waals surface area contributed by atoms with Crippen LogP contribution in [-0.4, -0.2) is 59.7 Å². The number of rotatable bonds is 16. The predicted octanol–water partition coefficient (Wildman–Crippen LogP) is 3.80. The molecule has 0 saturated heterocycles. The van der Waals surface area contributed by atoms with Gasteiger partial charge in [0.05, 0.1) is 0 Å². The van der Waals surface area contributed by atoms with Crippen LogP contribution < -0.4 is 10.6 Å². The first-order valence-electron chi connectivity index (χ1n) is 12.0. The highest BCUT2D eigenvalue weighted by Crippen LogP contribution is 2.08. The number of hydrogen-bond acceptors (Lipinski definition) is 5. The Labute approximate surface area is 198 Å². The van der Waals surface area contributed by atoms with Crippen molar-refractivity contribution in [1.82, 2.24) is 15.5 Å². The van der Waals surface area contributed by atoms with Gasteiger partial charge in [0.25, 0.3) is 0 Å². The number of carbonyl (C=O) groups is 3. The molecule has 8 nitrogen and oxygen atoms in total. The van der Waals surface area contributed by atoms with Crippen molar-refractivity contribution in [3.8, 4) is 0 Å². The van der Waals surface area contributed by atoms with Crippen molar-refractivity contribution in [3.05, 3.63) is 35.9 Å². The fraction of sp³-hybridized carbons (Fsp3) is 0.640. The minimum Gasteiger partial charge on any atom is -0.480 e. The summed E-state index contributed by atoms with van der Waals surface area (Å²) in [5.74, 6) is -1.83. The van der Waals surface area contributed by atoms with E-state index >= 15 is 0 Å². The largest absolute Gasteiger partial charge is 0.480 e. The summed E-state index contributed by atoms with van der Waals surface area (Å²) in [6.45, 7) is 10.9. The van der Waals surface area contributed by atoms with Crippen molar-refractivity contribution in [2.75, 3.05) is 19.6 Å². The number of carboxylic acid groups (broad SMARTS) is 1. The van der Waals surface area contributed by atoms with E-state index in [1.165, 1.54) is 0 Å². The molecule has 8 heteroatoms. The van der Waals surface area contributed by atoms with E-state index in [0.717, 1.165) is 44.5 Å². The standard InChI is InChI=1S/C25H41N3O5/c1-5-15-28(16-6-2)17-11-10-14-21(24(30)31)26-23(29)22(19(3)4)27-25(32)33-18-20-12-8-7-9-13-20/h7-9,12-13,19,21-22H,5-6,10-11,14-18H2,1-4H3,(H,26,29)(H,27,32)(H,30,31)/t21-,22-/m0/s1. The molecule has 0 spiro atoms. The molecule has 2 amide bonds. The van der Waals surface area contributed by atoms with Gasteiger partial charge in [-0.15, -0.1) is 0 Å². The van der Waals surface area contributed by atoms with Gasteiger partial charge in [0, 0.05) is 0 Å². The summed E-state index contributed by atoms with van der Waals surface area (Å²) < 4.78 is 5.20. The smallest absolute Gasteiger partial charge is 0.408 e. The van der Waals surface area contributed by atoms with Crippen molar-refractivity contribution < 1.29 is 24.2 Å². The number of unbranched alkanes of at least 4 members (excludes halogenated alkanes) is 1.